The largest absolute Gasteiger partial charge is 0.480 e. The number of hydrogen-bond donors (Lipinski definition) is 1. The van der Waals surface area contributed by atoms with Crippen LogP contribution in [-0.4, -0.2) is 28.6 Å². The van der Waals surface area contributed by atoms with Crippen LogP contribution < -0.4 is 0 Å². The fraction of sp³-hybridized carbons (Fsp3) is 0.450. The summed E-state index contributed by atoms with van der Waals surface area (Å²) in [5.41, 5.74) is 3.75. The van der Waals surface area contributed by atoms with Crippen molar-refractivity contribution in [3.05, 3.63) is 57.3 Å². The molecule has 0 spiro atoms. The van der Waals surface area contributed by atoms with E-state index >= 15 is 0 Å². The summed E-state index contributed by atoms with van der Waals surface area (Å²) < 4.78 is 0. The molecule has 1 aromatic carbocycles. The molecular weight excluding hydrogens is 318 g/mol. The second-order valence-electron chi connectivity index (χ2n) is 6.98. The molecule has 2 aromatic rings. The maximum atomic E-state index is 11.7. The average molecular weight is 343 g/mol. The Morgan fingerprint density at radius 2 is 1.92 bits per heavy atom. The number of carboxylic acid groups (broad SMARTS) is 1. The molecule has 0 bridgehead atoms. The topological polar surface area (TPSA) is 40.5 Å². The van der Waals surface area contributed by atoms with Crippen LogP contribution in [0.1, 0.15) is 60.2 Å². The third kappa shape index (κ3) is 3.40. The molecule has 3 nitrogen and oxygen atoms in total. The van der Waals surface area contributed by atoms with Crippen LogP contribution in [0.4, 0.5) is 0 Å². The van der Waals surface area contributed by atoms with Crippen molar-refractivity contribution in [2.45, 2.75) is 51.6 Å². The molecule has 1 aliphatic rings. The number of rotatable bonds is 5. The summed E-state index contributed by atoms with van der Waals surface area (Å²) in [6.45, 7) is 7.31. The minimum atomic E-state index is -0.704. The third-order valence-corrected chi connectivity index (χ3v) is 5.95. The summed E-state index contributed by atoms with van der Waals surface area (Å²) in [6.07, 6.45) is 1.68. The molecule has 0 saturated carbocycles. The molecule has 1 saturated heterocycles. The Morgan fingerprint density at radius 1 is 1.25 bits per heavy atom. The van der Waals surface area contributed by atoms with Gasteiger partial charge >= 0.3 is 5.97 Å². The standard InChI is InChI=1S/C20H25NO2S/c1-13(2)15-6-8-16(9-7-15)19(18-11-14(3)12-24-18)21-10-4-5-17(21)20(22)23/h6-9,11-13,17,19H,4-5,10H2,1-3H3,(H,22,23). The lowest BCUT2D eigenvalue weighted by molar-refractivity contribution is -0.142. The maximum Gasteiger partial charge on any atom is 0.320 e. The minimum absolute atomic E-state index is 0.0357. The van der Waals surface area contributed by atoms with Gasteiger partial charge in [-0.05, 0) is 53.8 Å². The molecule has 24 heavy (non-hydrogen) atoms. The SMILES string of the molecule is Cc1csc(C(c2ccc(C(C)C)cc2)N2CCCC2C(=O)O)c1. The van der Waals surface area contributed by atoms with Crippen molar-refractivity contribution in [3.8, 4) is 0 Å². The van der Waals surface area contributed by atoms with Crippen LogP contribution in [0, 0.1) is 6.92 Å². The van der Waals surface area contributed by atoms with Crippen molar-refractivity contribution < 1.29 is 9.90 Å². The van der Waals surface area contributed by atoms with E-state index in [0.717, 1.165) is 19.4 Å². The van der Waals surface area contributed by atoms with Crippen molar-refractivity contribution in [1.82, 2.24) is 4.90 Å². The molecule has 2 unspecified atom stereocenters. The second-order valence-corrected chi connectivity index (χ2v) is 7.93. The molecule has 4 heteroatoms. The number of benzene rings is 1. The maximum absolute atomic E-state index is 11.7. The zero-order chi connectivity index (χ0) is 17.3. The molecule has 3 rings (SSSR count). The Morgan fingerprint density at radius 3 is 2.46 bits per heavy atom. The van der Waals surface area contributed by atoms with Crippen LogP contribution in [0.25, 0.3) is 0 Å². The van der Waals surface area contributed by atoms with Crippen molar-refractivity contribution in [2.75, 3.05) is 6.54 Å². The van der Waals surface area contributed by atoms with E-state index in [4.69, 9.17) is 0 Å². The van der Waals surface area contributed by atoms with Gasteiger partial charge in [-0.3, -0.25) is 9.69 Å². The van der Waals surface area contributed by atoms with Gasteiger partial charge in [0.2, 0.25) is 0 Å². The van der Waals surface area contributed by atoms with E-state index in [1.54, 1.807) is 11.3 Å². The highest BCUT2D eigenvalue weighted by atomic mass is 32.1. The van der Waals surface area contributed by atoms with E-state index in [2.05, 4.69) is 61.4 Å². The van der Waals surface area contributed by atoms with E-state index < -0.39 is 5.97 Å². The highest BCUT2D eigenvalue weighted by Gasteiger charge is 2.37. The van der Waals surface area contributed by atoms with Gasteiger partial charge in [0, 0.05) is 11.4 Å². The first-order valence-electron chi connectivity index (χ1n) is 8.61. The van der Waals surface area contributed by atoms with Gasteiger partial charge in [-0.1, -0.05) is 38.1 Å². The summed E-state index contributed by atoms with van der Waals surface area (Å²) >= 11 is 1.73. The van der Waals surface area contributed by atoms with E-state index in [1.165, 1.54) is 21.6 Å². The van der Waals surface area contributed by atoms with Crippen LogP contribution in [0.3, 0.4) is 0 Å². The molecule has 1 N–H and O–H groups in total. The molecule has 1 fully saturated rings. The molecule has 0 amide bonds. The van der Waals surface area contributed by atoms with Crippen molar-refractivity contribution >= 4 is 17.3 Å². The van der Waals surface area contributed by atoms with E-state index in [9.17, 15) is 9.90 Å². The molecule has 1 aliphatic heterocycles. The van der Waals surface area contributed by atoms with Crippen molar-refractivity contribution in [2.24, 2.45) is 0 Å². The Kier molecular flexibility index (Phi) is 5.07. The van der Waals surface area contributed by atoms with E-state index in [1.807, 2.05) is 0 Å². The molecule has 1 aromatic heterocycles. The Labute approximate surface area is 147 Å². The van der Waals surface area contributed by atoms with E-state index in [-0.39, 0.29) is 12.1 Å². The lowest BCUT2D eigenvalue weighted by atomic mass is 9.97. The number of nitrogens with zero attached hydrogens (tertiary/aromatic N) is 1. The van der Waals surface area contributed by atoms with Crippen LogP contribution in [-0.2, 0) is 4.79 Å². The summed E-state index contributed by atoms with van der Waals surface area (Å²) in [6, 6.07) is 10.6. The second kappa shape index (κ2) is 7.08. The summed E-state index contributed by atoms with van der Waals surface area (Å²) in [7, 11) is 0. The molecule has 2 atom stereocenters. The normalized spacial score (nSPS) is 19.8. The first kappa shape index (κ1) is 17.2. The van der Waals surface area contributed by atoms with Crippen molar-refractivity contribution in [1.29, 1.82) is 0 Å². The van der Waals surface area contributed by atoms with Gasteiger partial charge in [0.05, 0.1) is 6.04 Å². The van der Waals surface area contributed by atoms with E-state index in [0.29, 0.717) is 5.92 Å². The average Bonchev–Trinajstić information content (AvgIpc) is 3.18. The molecule has 0 aliphatic carbocycles. The number of likely N-dealkylation sites (tertiary alicyclic amines) is 1. The zero-order valence-electron chi connectivity index (χ0n) is 14.5. The monoisotopic (exact) mass is 343 g/mol. The van der Waals surface area contributed by atoms with Crippen LogP contribution in [0.15, 0.2) is 35.7 Å². The predicted octanol–water partition coefficient (Wildman–Crippen LogP) is 4.82. The minimum Gasteiger partial charge on any atom is -0.480 e. The van der Waals surface area contributed by atoms with Crippen molar-refractivity contribution in [3.63, 3.8) is 0 Å². The number of carbonyl (C=O) groups is 1. The summed E-state index contributed by atoms with van der Waals surface area (Å²) in [5, 5.41) is 11.8. The fourth-order valence-electron chi connectivity index (χ4n) is 3.54. The number of aliphatic carboxylic acids is 1. The Balaban J connectivity index is 2.00. The highest BCUT2D eigenvalue weighted by molar-refractivity contribution is 7.10. The van der Waals surface area contributed by atoms with Crippen LogP contribution in [0.5, 0.6) is 0 Å². The molecular formula is C20H25NO2S. The van der Waals surface area contributed by atoms with Gasteiger partial charge in [0.25, 0.3) is 0 Å². The number of hydrogen-bond acceptors (Lipinski definition) is 3. The van der Waals surface area contributed by atoms with Gasteiger partial charge < -0.3 is 5.11 Å². The first-order chi connectivity index (χ1) is 11.5. The first-order valence-corrected chi connectivity index (χ1v) is 9.48. The molecule has 2 heterocycles. The van der Waals surface area contributed by atoms with Crippen LogP contribution in [0.2, 0.25) is 0 Å². The zero-order valence-corrected chi connectivity index (χ0v) is 15.3. The van der Waals surface area contributed by atoms with Gasteiger partial charge in [0.15, 0.2) is 0 Å². The Bertz CT molecular complexity index is 705. The fourth-order valence-corrected chi connectivity index (χ4v) is 4.59. The quantitative estimate of drug-likeness (QED) is 0.846. The lowest BCUT2D eigenvalue weighted by Crippen LogP contribution is -2.39. The molecule has 128 valence electrons. The highest BCUT2D eigenvalue weighted by Crippen LogP contribution is 2.38. The van der Waals surface area contributed by atoms with Crippen LogP contribution >= 0.6 is 11.3 Å². The summed E-state index contributed by atoms with van der Waals surface area (Å²) in [5.74, 6) is -0.204. The van der Waals surface area contributed by atoms with Gasteiger partial charge in [-0.2, -0.15) is 0 Å². The van der Waals surface area contributed by atoms with Gasteiger partial charge in [0.1, 0.15) is 6.04 Å². The number of aryl methyl sites for hydroxylation is 1. The third-order valence-electron chi connectivity index (χ3n) is 4.85. The number of carboxylic acids is 1. The molecule has 0 radical (unpaired) electrons. The summed E-state index contributed by atoms with van der Waals surface area (Å²) in [4.78, 5) is 15.1. The smallest absolute Gasteiger partial charge is 0.320 e. The lowest BCUT2D eigenvalue weighted by Gasteiger charge is -2.31. The van der Waals surface area contributed by atoms with Gasteiger partial charge in [-0.15, -0.1) is 11.3 Å². The Hall–Kier alpha value is -1.65. The number of thiophene rings is 1. The van der Waals surface area contributed by atoms with Gasteiger partial charge in [-0.25, -0.2) is 0 Å². The predicted molar refractivity (Wildman–Crippen MR) is 98.8 cm³/mol.